The van der Waals surface area contributed by atoms with Gasteiger partial charge in [-0.1, -0.05) is 29.9 Å². The number of hydrogen-bond donors (Lipinski definition) is 0. The lowest BCUT2D eigenvalue weighted by molar-refractivity contribution is -0.115. The summed E-state index contributed by atoms with van der Waals surface area (Å²) in [5.41, 5.74) is 0.937. The zero-order valence-corrected chi connectivity index (χ0v) is 18.5. The monoisotopic (exact) mass is 452 g/mol. The maximum Gasteiger partial charge on any atom is 0.263 e. The van der Waals surface area contributed by atoms with Crippen molar-refractivity contribution < 1.29 is 17.9 Å². The quantitative estimate of drug-likeness (QED) is 0.541. The summed E-state index contributed by atoms with van der Waals surface area (Å²) in [4.78, 5) is 17.1. The topological polar surface area (TPSA) is 77.7 Å². The van der Waals surface area contributed by atoms with Gasteiger partial charge in [0.15, 0.2) is 14.6 Å². The molecule has 29 heavy (non-hydrogen) atoms. The zero-order valence-electron chi connectivity index (χ0n) is 16.1. The Morgan fingerprint density at radius 1 is 1.17 bits per heavy atom. The molecule has 6 nitrogen and oxygen atoms in total. The van der Waals surface area contributed by atoms with Crippen LogP contribution in [0.3, 0.4) is 0 Å². The lowest BCUT2D eigenvalue weighted by Gasteiger charge is -2.05. The van der Waals surface area contributed by atoms with Crippen LogP contribution < -0.4 is 9.54 Å². The van der Waals surface area contributed by atoms with Gasteiger partial charge in [0.2, 0.25) is 0 Å². The predicted octanol–water partition coefficient (Wildman–Crippen LogP) is 4.07. The highest BCUT2D eigenvalue weighted by Crippen LogP contribution is 2.24. The van der Waals surface area contributed by atoms with E-state index >= 15 is 0 Å². The molecule has 0 bridgehead atoms. The fraction of sp³-hybridized carbons (Fsp3) is 0.300. The van der Waals surface area contributed by atoms with Crippen LogP contribution in [-0.4, -0.2) is 31.3 Å². The molecule has 9 heteroatoms. The fourth-order valence-electron chi connectivity index (χ4n) is 2.86. The van der Waals surface area contributed by atoms with E-state index in [-0.39, 0.29) is 4.90 Å². The van der Waals surface area contributed by atoms with Crippen LogP contribution in [0.25, 0.3) is 10.2 Å². The summed E-state index contributed by atoms with van der Waals surface area (Å²) in [5, 5.41) is 0.428. The predicted molar refractivity (Wildman–Crippen MR) is 115 cm³/mol. The molecule has 2 aromatic carbocycles. The minimum atomic E-state index is -3.79. The lowest BCUT2D eigenvalue weighted by Crippen LogP contribution is -2.21. The molecule has 1 heterocycles. The first-order chi connectivity index (χ1) is 13.8. The number of halogens is 1. The number of hydrogen-bond acceptors (Lipinski definition) is 5. The van der Waals surface area contributed by atoms with Crippen LogP contribution in [0, 0.1) is 0 Å². The second-order valence-electron chi connectivity index (χ2n) is 6.32. The van der Waals surface area contributed by atoms with Crippen molar-refractivity contribution in [3.63, 3.8) is 0 Å². The van der Waals surface area contributed by atoms with Gasteiger partial charge in [0.1, 0.15) is 11.5 Å². The van der Waals surface area contributed by atoms with Crippen molar-refractivity contribution in [2.24, 2.45) is 4.99 Å². The molecule has 0 unspecified atom stereocenters. The van der Waals surface area contributed by atoms with Crippen molar-refractivity contribution in [2.75, 3.05) is 12.4 Å². The van der Waals surface area contributed by atoms with Crippen molar-refractivity contribution in [1.29, 1.82) is 0 Å². The van der Waals surface area contributed by atoms with E-state index in [0.717, 1.165) is 22.4 Å². The Balaban J connectivity index is 1.96. The Morgan fingerprint density at radius 2 is 1.90 bits per heavy atom. The number of aryl methyl sites for hydroxylation is 1. The van der Waals surface area contributed by atoms with Crippen molar-refractivity contribution in [3.8, 4) is 5.75 Å². The first kappa shape index (κ1) is 21.5. The van der Waals surface area contributed by atoms with Crippen LogP contribution in [0.1, 0.15) is 20.3 Å². The molecule has 0 aliphatic heterocycles. The van der Waals surface area contributed by atoms with E-state index in [0.29, 0.717) is 23.0 Å². The number of rotatable bonds is 7. The minimum Gasteiger partial charge on any atom is -0.494 e. The number of sulfone groups is 1. The summed E-state index contributed by atoms with van der Waals surface area (Å²) < 4.78 is 33.4. The van der Waals surface area contributed by atoms with Gasteiger partial charge < -0.3 is 9.30 Å². The summed E-state index contributed by atoms with van der Waals surface area (Å²) in [6, 6.07) is 11.4. The molecule has 0 spiro atoms. The summed E-state index contributed by atoms with van der Waals surface area (Å²) in [7, 11) is -3.79. The smallest absolute Gasteiger partial charge is 0.263 e. The van der Waals surface area contributed by atoms with E-state index in [1.807, 2.05) is 36.6 Å². The number of fused-ring (bicyclic) bond motifs is 1. The van der Waals surface area contributed by atoms with Gasteiger partial charge in [-0.3, -0.25) is 4.79 Å². The van der Waals surface area contributed by atoms with Crippen LogP contribution >= 0.6 is 22.9 Å². The van der Waals surface area contributed by atoms with Crippen molar-refractivity contribution in [1.82, 2.24) is 4.57 Å². The summed E-state index contributed by atoms with van der Waals surface area (Å²) in [6.45, 7) is 5.17. The molecule has 3 aromatic rings. The fourth-order valence-corrected chi connectivity index (χ4v) is 5.20. The Morgan fingerprint density at radius 3 is 2.55 bits per heavy atom. The summed E-state index contributed by atoms with van der Waals surface area (Å²) in [6.07, 6.45) is 0.851. The van der Waals surface area contributed by atoms with Crippen molar-refractivity contribution >= 4 is 48.9 Å². The standard InChI is InChI=1S/C20H21ClN2O4S2/c1-3-11-23-17-10-7-15(27-4-2)12-18(17)28-20(23)22-19(24)13-29(25,26)16-8-5-14(21)6-9-16/h5-10,12H,3-4,11,13H2,1-2H3. The molecule has 0 aliphatic carbocycles. The molecule has 0 aliphatic rings. The molecule has 1 amide bonds. The zero-order chi connectivity index (χ0) is 21.0. The van der Waals surface area contributed by atoms with Gasteiger partial charge in [0.25, 0.3) is 5.91 Å². The van der Waals surface area contributed by atoms with Crippen LogP contribution in [-0.2, 0) is 21.2 Å². The minimum absolute atomic E-state index is 0.0459. The highest BCUT2D eigenvalue weighted by Gasteiger charge is 2.19. The van der Waals surface area contributed by atoms with Gasteiger partial charge in [0, 0.05) is 11.6 Å². The number of amides is 1. The lowest BCUT2D eigenvalue weighted by atomic mass is 10.3. The molecule has 3 rings (SSSR count). The third-order valence-corrected chi connectivity index (χ3v) is 7.03. The van der Waals surface area contributed by atoms with Gasteiger partial charge in [-0.05, 0) is 55.8 Å². The first-order valence-corrected chi connectivity index (χ1v) is 12.0. The Kier molecular flexibility index (Phi) is 6.77. The first-order valence-electron chi connectivity index (χ1n) is 9.16. The van der Waals surface area contributed by atoms with Crippen LogP contribution in [0.15, 0.2) is 52.4 Å². The Hall–Kier alpha value is -2.16. The maximum absolute atomic E-state index is 12.5. The molecular formula is C20H21ClN2O4S2. The normalized spacial score (nSPS) is 12.4. The molecule has 0 N–H and O–H groups in total. The van der Waals surface area contributed by atoms with Gasteiger partial charge in [-0.15, -0.1) is 0 Å². The average molecular weight is 453 g/mol. The van der Waals surface area contributed by atoms with E-state index in [1.165, 1.54) is 35.6 Å². The van der Waals surface area contributed by atoms with Gasteiger partial charge >= 0.3 is 0 Å². The molecule has 0 atom stereocenters. The largest absolute Gasteiger partial charge is 0.494 e. The van der Waals surface area contributed by atoms with E-state index in [1.54, 1.807) is 0 Å². The number of aromatic nitrogens is 1. The second kappa shape index (κ2) is 9.11. The number of nitrogens with zero attached hydrogens (tertiary/aromatic N) is 2. The maximum atomic E-state index is 12.5. The highest BCUT2D eigenvalue weighted by atomic mass is 35.5. The van der Waals surface area contributed by atoms with Crippen LogP contribution in [0.4, 0.5) is 0 Å². The van der Waals surface area contributed by atoms with Crippen LogP contribution in [0.5, 0.6) is 5.75 Å². The van der Waals surface area contributed by atoms with E-state index in [9.17, 15) is 13.2 Å². The van der Waals surface area contributed by atoms with Gasteiger partial charge in [-0.2, -0.15) is 4.99 Å². The number of carbonyl (C=O) groups excluding carboxylic acids is 1. The third-order valence-electron chi connectivity index (χ3n) is 4.12. The molecule has 0 fully saturated rings. The number of carbonyl (C=O) groups is 1. The second-order valence-corrected chi connectivity index (χ2v) is 9.75. The number of ether oxygens (including phenoxy) is 1. The molecular weight excluding hydrogens is 432 g/mol. The van der Waals surface area contributed by atoms with E-state index < -0.39 is 21.5 Å². The van der Waals surface area contributed by atoms with Crippen LogP contribution in [0.2, 0.25) is 5.02 Å². The number of thiazole rings is 1. The average Bonchev–Trinajstić information content (AvgIpc) is 2.98. The summed E-state index contributed by atoms with van der Waals surface area (Å²) >= 11 is 7.14. The number of benzene rings is 2. The van der Waals surface area contributed by atoms with Gasteiger partial charge in [-0.25, -0.2) is 8.42 Å². The summed E-state index contributed by atoms with van der Waals surface area (Å²) in [5.74, 6) is -0.659. The van der Waals surface area contributed by atoms with Crippen molar-refractivity contribution in [2.45, 2.75) is 31.7 Å². The SMILES string of the molecule is CCCn1c(=NC(=O)CS(=O)(=O)c2ccc(Cl)cc2)sc2cc(OCC)ccc21. The Labute approximate surface area is 178 Å². The molecule has 1 aromatic heterocycles. The van der Waals surface area contributed by atoms with Crippen molar-refractivity contribution in [3.05, 3.63) is 52.3 Å². The highest BCUT2D eigenvalue weighted by molar-refractivity contribution is 7.92. The third kappa shape index (κ3) is 5.07. The van der Waals surface area contributed by atoms with Gasteiger partial charge in [0.05, 0.1) is 21.7 Å². The molecule has 154 valence electrons. The van der Waals surface area contributed by atoms with E-state index in [4.69, 9.17) is 16.3 Å². The van der Waals surface area contributed by atoms with E-state index in [2.05, 4.69) is 4.99 Å². The Bertz CT molecular complexity index is 1200. The molecule has 0 saturated heterocycles. The molecule has 0 radical (unpaired) electrons. The molecule has 0 saturated carbocycles.